The quantitative estimate of drug-likeness (QED) is 0.553. The number of carbonyl (C=O) groups excluding carboxylic acids is 1. The molecule has 2 aromatic rings. The molecule has 1 N–H and O–H groups in total. The molecule has 0 spiro atoms. The maximum Gasteiger partial charge on any atom is 0.330 e. The highest BCUT2D eigenvalue weighted by molar-refractivity contribution is 5.81. The summed E-state index contributed by atoms with van der Waals surface area (Å²) < 4.78 is 5.10. The third kappa shape index (κ3) is 5.57. The van der Waals surface area contributed by atoms with Crippen LogP contribution >= 0.6 is 0 Å². The Hall–Kier alpha value is -2.39. The van der Waals surface area contributed by atoms with E-state index in [-0.39, 0.29) is 6.61 Å². The van der Waals surface area contributed by atoms with Gasteiger partial charge in [-0.3, -0.25) is 0 Å². The number of hydrogen-bond donors (Lipinski definition) is 1. The van der Waals surface area contributed by atoms with Crippen molar-refractivity contribution < 1.29 is 14.6 Å². The van der Waals surface area contributed by atoms with Gasteiger partial charge in [0.15, 0.2) is 0 Å². The fourth-order valence-corrected chi connectivity index (χ4v) is 2.88. The van der Waals surface area contributed by atoms with Crippen molar-refractivity contribution >= 4 is 5.97 Å². The first-order chi connectivity index (χ1) is 12.2. The van der Waals surface area contributed by atoms with Crippen LogP contribution in [0, 0.1) is 0 Å². The van der Waals surface area contributed by atoms with Crippen molar-refractivity contribution in [2.45, 2.75) is 32.6 Å². The van der Waals surface area contributed by atoms with Gasteiger partial charge in [0.05, 0.1) is 6.61 Å². The Morgan fingerprint density at radius 3 is 2.40 bits per heavy atom. The minimum Gasteiger partial charge on any atom is -0.462 e. The summed E-state index contributed by atoms with van der Waals surface area (Å²) in [7, 11) is 0. The molecule has 0 aliphatic heterocycles. The minimum absolute atomic E-state index is 0.102. The van der Waals surface area contributed by atoms with E-state index in [9.17, 15) is 9.90 Å². The van der Waals surface area contributed by atoms with Crippen LogP contribution in [0.1, 0.15) is 30.0 Å². The summed E-state index contributed by atoms with van der Waals surface area (Å²) >= 11 is 0. The lowest BCUT2D eigenvalue weighted by molar-refractivity contribution is -0.137. The number of aryl methyl sites for hydroxylation is 1. The number of carbonyl (C=O) groups is 1. The second-order valence-electron chi connectivity index (χ2n) is 6.03. The molecule has 3 nitrogen and oxygen atoms in total. The van der Waals surface area contributed by atoms with Gasteiger partial charge in [0.1, 0.15) is 0 Å². The standard InChI is InChI=1S/C22H26O3/c1-3-5-17-6-8-18(9-7-17)20-11-10-19(12-14-23)21(16-20)13-15-25-22(24)4-2/h4,6-11,16,23H,2-3,5,12-15H2,1H3. The first-order valence-electron chi connectivity index (χ1n) is 8.79. The van der Waals surface area contributed by atoms with Gasteiger partial charge in [-0.05, 0) is 40.7 Å². The Balaban J connectivity index is 2.19. The van der Waals surface area contributed by atoms with Gasteiger partial charge in [-0.1, -0.05) is 62.4 Å². The summed E-state index contributed by atoms with van der Waals surface area (Å²) in [5.41, 5.74) is 5.83. The summed E-state index contributed by atoms with van der Waals surface area (Å²) in [5, 5.41) is 9.26. The highest BCUT2D eigenvalue weighted by Crippen LogP contribution is 2.24. The fraction of sp³-hybridized carbons (Fsp3) is 0.318. The smallest absolute Gasteiger partial charge is 0.330 e. The van der Waals surface area contributed by atoms with E-state index in [0.717, 1.165) is 29.5 Å². The Morgan fingerprint density at radius 1 is 1.04 bits per heavy atom. The summed E-state index contributed by atoms with van der Waals surface area (Å²) in [6.07, 6.45) is 4.62. The molecule has 132 valence electrons. The number of hydrogen-bond acceptors (Lipinski definition) is 3. The van der Waals surface area contributed by atoms with E-state index in [0.29, 0.717) is 19.4 Å². The van der Waals surface area contributed by atoms with Crippen LogP contribution in [0.2, 0.25) is 0 Å². The molecule has 0 unspecified atom stereocenters. The molecule has 0 radical (unpaired) electrons. The average molecular weight is 338 g/mol. The molecule has 0 amide bonds. The normalized spacial score (nSPS) is 10.5. The summed E-state index contributed by atoms with van der Waals surface area (Å²) in [5.74, 6) is -0.411. The van der Waals surface area contributed by atoms with Crippen molar-refractivity contribution in [3.05, 3.63) is 71.8 Å². The van der Waals surface area contributed by atoms with Gasteiger partial charge in [-0.15, -0.1) is 0 Å². The SMILES string of the molecule is C=CC(=O)OCCc1cc(-c2ccc(CCC)cc2)ccc1CCO. The molecule has 0 saturated carbocycles. The van der Waals surface area contributed by atoms with Crippen LogP contribution in [0.25, 0.3) is 11.1 Å². The number of rotatable bonds is 9. The predicted octanol–water partition coefficient (Wildman–Crippen LogP) is 4.11. The van der Waals surface area contributed by atoms with Crippen LogP contribution in [0.15, 0.2) is 55.1 Å². The van der Waals surface area contributed by atoms with Gasteiger partial charge >= 0.3 is 5.97 Å². The maximum absolute atomic E-state index is 11.2. The summed E-state index contributed by atoms with van der Waals surface area (Å²) in [6, 6.07) is 14.9. The molecule has 0 heterocycles. The van der Waals surface area contributed by atoms with Gasteiger partial charge in [-0.25, -0.2) is 4.79 Å². The van der Waals surface area contributed by atoms with Gasteiger partial charge in [0.2, 0.25) is 0 Å². The van der Waals surface area contributed by atoms with Crippen molar-refractivity contribution in [3.8, 4) is 11.1 Å². The molecule has 2 aromatic carbocycles. The zero-order valence-electron chi connectivity index (χ0n) is 14.8. The highest BCUT2D eigenvalue weighted by Gasteiger charge is 2.07. The Morgan fingerprint density at radius 2 is 1.76 bits per heavy atom. The minimum atomic E-state index is -0.411. The average Bonchev–Trinajstić information content (AvgIpc) is 2.64. The van der Waals surface area contributed by atoms with E-state index in [1.165, 1.54) is 17.2 Å². The van der Waals surface area contributed by atoms with Crippen LogP contribution in [-0.2, 0) is 28.8 Å². The molecule has 25 heavy (non-hydrogen) atoms. The van der Waals surface area contributed by atoms with E-state index in [1.807, 2.05) is 0 Å². The van der Waals surface area contributed by atoms with E-state index >= 15 is 0 Å². The topological polar surface area (TPSA) is 46.5 Å². The van der Waals surface area contributed by atoms with E-state index in [2.05, 4.69) is 56.0 Å². The van der Waals surface area contributed by atoms with Gasteiger partial charge < -0.3 is 9.84 Å². The summed E-state index contributed by atoms with van der Waals surface area (Å²) in [4.78, 5) is 11.2. The maximum atomic E-state index is 11.2. The lowest BCUT2D eigenvalue weighted by Crippen LogP contribution is -2.07. The molecule has 2 rings (SSSR count). The van der Waals surface area contributed by atoms with Gasteiger partial charge in [0.25, 0.3) is 0 Å². The molecule has 0 aromatic heterocycles. The second-order valence-corrected chi connectivity index (χ2v) is 6.03. The molecule has 0 bridgehead atoms. The monoisotopic (exact) mass is 338 g/mol. The molecular formula is C22H26O3. The zero-order valence-corrected chi connectivity index (χ0v) is 14.8. The van der Waals surface area contributed by atoms with E-state index in [1.54, 1.807) is 0 Å². The zero-order chi connectivity index (χ0) is 18.1. The lowest BCUT2D eigenvalue weighted by atomic mass is 9.95. The molecule has 0 aliphatic carbocycles. The Bertz CT molecular complexity index is 702. The van der Waals surface area contributed by atoms with Crippen molar-refractivity contribution in [2.75, 3.05) is 13.2 Å². The van der Waals surface area contributed by atoms with Gasteiger partial charge in [-0.2, -0.15) is 0 Å². The number of ether oxygens (including phenoxy) is 1. The lowest BCUT2D eigenvalue weighted by Gasteiger charge is -2.12. The number of benzene rings is 2. The van der Waals surface area contributed by atoms with E-state index < -0.39 is 5.97 Å². The number of aliphatic hydroxyl groups is 1. The molecule has 0 aliphatic rings. The van der Waals surface area contributed by atoms with Crippen molar-refractivity contribution in [1.29, 1.82) is 0 Å². The van der Waals surface area contributed by atoms with Crippen molar-refractivity contribution in [2.24, 2.45) is 0 Å². The molecule has 0 saturated heterocycles. The largest absolute Gasteiger partial charge is 0.462 e. The Kier molecular flexibility index (Phi) is 7.42. The first-order valence-corrected chi connectivity index (χ1v) is 8.79. The van der Waals surface area contributed by atoms with Gasteiger partial charge in [0, 0.05) is 19.1 Å². The number of aliphatic hydroxyl groups excluding tert-OH is 1. The predicted molar refractivity (Wildman–Crippen MR) is 102 cm³/mol. The molecule has 3 heteroatoms. The molecule has 0 fully saturated rings. The highest BCUT2D eigenvalue weighted by atomic mass is 16.5. The molecular weight excluding hydrogens is 312 g/mol. The van der Waals surface area contributed by atoms with Crippen LogP contribution in [-0.4, -0.2) is 24.3 Å². The fourth-order valence-electron chi connectivity index (χ4n) is 2.88. The third-order valence-electron chi connectivity index (χ3n) is 4.20. The first kappa shape index (κ1) is 18.9. The van der Waals surface area contributed by atoms with Crippen LogP contribution < -0.4 is 0 Å². The molecule has 0 atom stereocenters. The van der Waals surface area contributed by atoms with Crippen molar-refractivity contribution in [3.63, 3.8) is 0 Å². The van der Waals surface area contributed by atoms with Crippen molar-refractivity contribution in [1.82, 2.24) is 0 Å². The van der Waals surface area contributed by atoms with Crippen LogP contribution in [0.4, 0.5) is 0 Å². The van der Waals surface area contributed by atoms with E-state index in [4.69, 9.17) is 4.74 Å². The summed E-state index contributed by atoms with van der Waals surface area (Å²) in [6.45, 7) is 5.99. The number of esters is 1. The van der Waals surface area contributed by atoms with Crippen LogP contribution in [0.3, 0.4) is 0 Å². The second kappa shape index (κ2) is 9.80. The third-order valence-corrected chi connectivity index (χ3v) is 4.20. The van der Waals surface area contributed by atoms with Crippen LogP contribution in [0.5, 0.6) is 0 Å². The Labute approximate surface area is 150 Å².